The van der Waals surface area contributed by atoms with Crippen LogP contribution in [-0.4, -0.2) is 35.4 Å². The Kier molecular flexibility index (Phi) is 4.94. The molecule has 1 aliphatic heterocycles. The fraction of sp³-hybridized carbons (Fsp3) is 0.333. The average molecular weight is 330 g/mol. The Labute approximate surface area is 141 Å². The van der Waals surface area contributed by atoms with Crippen molar-refractivity contribution in [2.45, 2.75) is 19.4 Å². The van der Waals surface area contributed by atoms with E-state index in [4.69, 9.17) is 11.6 Å². The summed E-state index contributed by atoms with van der Waals surface area (Å²) in [5.41, 5.74) is 2.59. The van der Waals surface area contributed by atoms with Gasteiger partial charge in [0, 0.05) is 30.9 Å². The van der Waals surface area contributed by atoms with Gasteiger partial charge in [-0.1, -0.05) is 42.8 Å². The third-order valence-corrected chi connectivity index (χ3v) is 4.56. The zero-order chi connectivity index (χ0) is 16.2. The molecule has 23 heavy (non-hydrogen) atoms. The summed E-state index contributed by atoms with van der Waals surface area (Å²) < 4.78 is 0. The number of pyridine rings is 1. The Balaban J connectivity index is 1.81. The van der Waals surface area contributed by atoms with Crippen LogP contribution in [0, 0.1) is 0 Å². The van der Waals surface area contributed by atoms with Crippen molar-refractivity contribution in [3.05, 3.63) is 64.4 Å². The van der Waals surface area contributed by atoms with Crippen LogP contribution >= 0.6 is 11.6 Å². The number of benzene rings is 1. The highest BCUT2D eigenvalue weighted by atomic mass is 35.5. The Hall–Kier alpha value is -1.91. The molecule has 2 aromatic rings. The quantitative estimate of drug-likeness (QED) is 0.941. The summed E-state index contributed by atoms with van der Waals surface area (Å²) in [4.78, 5) is 19.0. The van der Waals surface area contributed by atoms with E-state index >= 15 is 0 Å². The first-order valence-electron chi connectivity index (χ1n) is 7.91. The lowest BCUT2D eigenvalue weighted by Crippen LogP contribution is -2.48. The van der Waals surface area contributed by atoms with E-state index in [1.54, 1.807) is 6.20 Å². The molecule has 1 aliphatic rings. The predicted molar refractivity (Wildman–Crippen MR) is 91.7 cm³/mol. The molecule has 1 aromatic carbocycles. The average Bonchev–Trinajstić information content (AvgIpc) is 2.61. The molecule has 120 valence electrons. The third-order valence-electron chi connectivity index (χ3n) is 4.22. The second-order valence-electron chi connectivity index (χ2n) is 5.64. The molecule has 0 spiro atoms. The van der Waals surface area contributed by atoms with Gasteiger partial charge >= 0.3 is 0 Å². The number of amides is 1. The van der Waals surface area contributed by atoms with Crippen molar-refractivity contribution in [3.63, 3.8) is 0 Å². The van der Waals surface area contributed by atoms with Gasteiger partial charge < -0.3 is 10.2 Å². The van der Waals surface area contributed by atoms with Crippen molar-refractivity contribution < 1.29 is 4.79 Å². The molecule has 0 saturated carbocycles. The molecule has 0 radical (unpaired) electrons. The molecule has 1 aromatic heterocycles. The molecule has 1 unspecified atom stereocenters. The lowest BCUT2D eigenvalue weighted by atomic mass is 10.0. The lowest BCUT2D eigenvalue weighted by Gasteiger charge is -2.34. The molecule has 1 N–H and O–H groups in total. The molecule has 0 bridgehead atoms. The summed E-state index contributed by atoms with van der Waals surface area (Å²) in [6.07, 6.45) is 2.48. The van der Waals surface area contributed by atoms with E-state index in [1.807, 2.05) is 48.2 Å². The van der Waals surface area contributed by atoms with Gasteiger partial charge in [-0.05, 0) is 29.7 Å². The number of carbonyl (C=O) groups is 1. The SMILES string of the molecule is CCc1cccnc1C(=O)N1CCNC(c2ccccc2Cl)C1. The summed E-state index contributed by atoms with van der Waals surface area (Å²) in [7, 11) is 0. The fourth-order valence-electron chi connectivity index (χ4n) is 2.97. The molecule has 5 heteroatoms. The maximum atomic E-state index is 12.8. The monoisotopic (exact) mass is 329 g/mol. The number of halogens is 1. The summed E-state index contributed by atoms with van der Waals surface area (Å²) in [5, 5.41) is 4.17. The topological polar surface area (TPSA) is 45.2 Å². The molecule has 1 saturated heterocycles. The van der Waals surface area contributed by atoms with Gasteiger partial charge in [-0.25, -0.2) is 0 Å². The molecule has 4 nitrogen and oxygen atoms in total. The minimum Gasteiger partial charge on any atom is -0.334 e. The second kappa shape index (κ2) is 7.11. The van der Waals surface area contributed by atoms with Crippen LogP contribution in [0.4, 0.5) is 0 Å². The van der Waals surface area contributed by atoms with Crippen LogP contribution < -0.4 is 5.32 Å². The molecule has 3 rings (SSSR count). The van der Waals surface area contributed by atoms with Gasteiger partial charge in [0.2, 0.25) is 0 Å². The number of rotatable bonds is 3. The van der Waals surface area contributed by atoms with Gasteiger partial charge in [0.1, 0.15) is 5.69 Å². The molecule has 1 fully saturated rings. The highest BCUT2D eigenvalue weighted by Gasteiger charge is 2.27. The van der Waals surface area contributed by atoms with Crippen molar-refractivity contribution in [1.82, 2.24) is 15.2 Å². The minimum absolute atomic E-state index is 0.000929. The third kappa shape index (κ3) is 3.38. The molecule has 0 aliphatic carbocycles. The van der Waals surface area contributed by atoms with Gasteiger partial charge in [0.15, 0.2) is 0 Å². The number of hydrogen-bond acceptors (Lipinski definition) is 3. The highest BCUT2D eigenvalue weighted by Crippen LogP contribution is 2.25. The van der Waals surface area contributed by atoms with Crippen LogP contribution in [0.5, 0.6) is 0 Å². The molecule has 1 amide bonds. The maximum Gasteiger partial charge on any atom is 0.272 e. The van der Waals surface area contributed by atoms with E-state index in [2.05, 4.69) is 10.3 Å². The van der Waals surface area contributed by atoms with Gasteiger partial charge in [0.05, 0.1) is 6.04 Å². The summed E-state index contributed by atoms with van der Waals surface area (Å²) >= 11 is 6.29. The van der Waals surface area contributed by atoms with Crippen LogP contribution in [0.25, 0.3) is 0 Å². The zero-order valence-electron chi connectivity index (χ0n) is 13.1. The highest BCUT2D eigenvalue weighted by molar-refractivity contribution is 6.31. The van der Waals surface area contributed by atoms with E-state index < -0.39 is 0 Å². The van der Waals surface area contributed by atoms with Crippen LogP contribution in [0.2, 0.25) is 5.02 Å². The van der Waals surface area contributed by atoms with Crippen LogP contribution in [0.1, 0.15) is 34.6 Å². The molecular weight excluding hydrogens is 310 g/mol. The van der Waals surface area contributed by atoms with E-state index in [9.17, 15) is 4.79 Å². The van der Waals surface area contributed by atoms with Crippen molar-refractivity contribution in [3.8, 4) is 0 Å². The van der Waals surface area contributed by atoms with E-state index in [1.165, 1.54) is 0 Å². The van der Waals surface area contributed by atoms with E-state index in [0.29, 0.717) is 18.8 Å². The Bertz CT molecular complexity index is 704. The zero-order valence-corrected chi connectivity index (χ0v) is 13.9. The van der Waals surface area contributed by atoms with Gasteiger partial charge in [-0.3, -0.25) is 9.78 Å². The first-order chi connectivity index (χ1) is 11.2. The van der Waals surface area contributed by atoms with Gasteiger partial charge in [-0.15, -0.1) is 0 Å². The number of piperazine rings is 1. The lowest BCUT2D eigenvalue weighted by molar-refractivity contribution is 0.0696. The number of carbonyl (C=O) groups excluding carboxylic acids is 1. The van der Waals surface area contributed by atoms with E-state index in [0.717, 1.165) is 29.1 Å². The summed E-state index contributed by atoms with van der Waals surface area (Å²) in [6, 6.07) is 11.7. The van der Waals surface area contributed by atoms with Crippen molar-refractivity contribution in [2.24, 2.45) is 0 Å². The summed E-state index contributed by atoms with van der Waals surface area (Å²) in [5.74, 6) is 0.000929. The van der Waals surface area contributed by atoms with Crippen molar-refractivity contribution in [2.75, 3.05) is 19.6 Å². The van der Waals surface area contributed by atoms with Gasteiger partial charge in [0.25, 0.3) is 5.91 Å². The van der Waals surface area contributed by atoms with E-state index in [-0.39, 0.29) is 11.9 Å². The number of nitrogens with zero attached hydrogens (tertiary/aromatic N) is 2. The van der Waals surface area contributed by atoms with Crippen LogP contribution in [0.15, 0.2) is 42.6 Å². The van der Waals surface area contributed by atoms with Crippen LogP contribution in [-0.2, 0) is 6.42 Å². The smallest absolute Gasteiger partial charge is 0.272 e. The predicted octanol–water partition coefficient (Wildman–Crippen LogP) is 3.08. The van der Waals surface area contributed by atoms with Crippen molar-refractivity contribution in [1.29, 1.82) is 0 Å². The molecular formula is C18H20ClN3O. The standard InChI is InChI=1S/C18H20ClN3O/c1-2-13-6-5-9-21-17(13)18(23)22-11-10-20-16(12-22)14-7-3-4-8-15(14)19/h3-9,16,20H,2,10-12H2,1H3. The number of hydrogen-bond donors (Lipinski definition) is 1. The fourth-order valence-corrected chi connectivity index (χ4v) is 3.23. The molecule has 2 heterocycles. The number of aryl methyl sites for hydroxylation is 1. The second-order valence-corrected chi connectivity index (χ2v) is 6.05. The summed E-state index contributed by atoms with van der Waals surface area (Å²) in [6.45, 7) is 4.07. The normalized spacial score (nSPS) is 18.0. The number of nitrogens with one attached hydrogen (secondary N) is 1. The first kappa shape index (κ1) is 16.0. The van der Waals surface area contributed by atoms with Crippen molar-refractivity contribution >= 4 is 17.5 Å². The first-order valence-corrected chi connectivity index (χ1v) is 8.29. The molecule has 1 atom stereocenters. The Morgan fingerprint density at radius 3 is 2.96 bits per heavy atom. The van der Waals surface area contributed by atoms with Gasteiger partial charge in [-0.2, -0.15) is 0 Å². The van der Waals surface area contributed by atoms with Crippen LogP contribution in [0.3, 0.4) is 0 Å². The Morgan fingerprint density at radius 2 is 2.17 bits per heavy atom. The number of aromatic nitrogens is 1. The maximum absolute atomic E-state index is 12.8. The largest absolute Gasteiger partial charge is 0.334 e. The Morgan fingerprint density at radius 1 is 1.35 bits per heavy atom. The minimum atomic E-state index is 0.000929.